The van der Waals surface area contributed by atoms with E-state index in [2.05, 4.69) is 20.3 Å². The number of aromatic nitrogens is 4. The third-order valence-corrected chi connectivity index (χ3v) is 8.05. The van der Waals surface area contributed by atoms with E-state index in [4.69, 9.17) is 0 Å². The summed E-state index contributed by atoms with van der Waals surface area (Å²) in [5, 5.41) is 2.89. The molecule has 12 heteroatoms. The Morgan fingerprint density at radius 2 is 1.78 bits per heavy atom. The Morgan fingerprint density at radius 3 is 2.56 bits per heavy atom. The molecule has 3 aromatic heterocycles. The number of nitrogens with one attached hydrogen (secondary N) is 2. The lowest BCUT2D eigenvalue weighted by atomic mass is 9.93. The quantitative estimate of drug-likeness (QED) is 0.394. The van der Waals surface area contributed by atoms with Crippen LogP contribution in [0.2, 0.25) is 0 Å². The van der Waals surface area contributed by atoms with E-state index in [-0.39, 0.29) is 42.2 Å². The molecular weight excluding hydrogens is 532 g/mol. The van der Waals surface area contributed by atoms with Crippen molar-refractivity contribution in [3.8, 4) is 0 Å². The molecule has 5 heterocycles. The van der Waals surface area contributed by atoms with Gasteiger partial charge in [0.1, 0.15) is 6.04 Å². The summed E-state index contributed by atoms with van der Waals surface area (Å²) in [4.78, 5) is 53.9. The Hall–Kier alpha value is -4.61. The van der Waals surface area contributed by atoms with E-state index in [0.717, 1.165) is 11.6 Å². The fourth-order valence-electron chi connectivity index (χ4n) is 5.94. The Balaban J connectivity index is 1.17. The van der Waals surface area contributed by atoms with E-state index in [9.17, 15) is 23.2 Å². The number of benzene rings is 1. The van der Waals surface area contributed by atoms with Crippen LogP contribution in [0, 0.1) is 11.6 Å². The molecule has 1 aromatic carbocycles. The van der Waals surface area contributed by atoms with Crippen molar-refractivity contribution in [3.05, 3.63) is 88.7 Å². The average Bonchev–Trinajstić information content (AvgIpc) is 3.25. The second-order valence-corrected chi connectivity index (χ2v) is 10.5. The van der Waals surface area contributed by atoms with Gasteiger partial charge in [0, 0.05) is 44.0 Å². The number of H-pyrrole nitrogens is 1. The molecule has 0 bridgehead atoms. The highest BCUT2D eigenvalue weighted by molar-refractivity contribution is 5.99. The minimum Gasteiger partial charge on any atom is -0.326 e. The zero-order valence-corrected chi connectivity index (χ0v) is 22.2. The first kappa shape index (κ1) is 26.6. The number of fused-ring (bicyclic) bond motifs is 1. The number of carbonyl (C=O) groups is 2. The van der Waals surface area contributed by atoms with Crippen LogP contribution in [-0.4, -0.2) is 62.0 Å². The predicted molar refractivity (Wildman–Crippen MR) is 147 cm³/mol. The highest BCUT2D eigenvalue weighted by Gasteiger charge is 2.36. The highest BCUT2D eigenvalue weighted by Crippen LogP contribution is 2.32. The van der Waals surface area contributed by atoms with Crippen LogP contribution >= 0.6 is 0 Å². The predicted octanol–water partition coefficient (Wildman–Crippen LogP) is 3.72. The number of likely N-dealkylation sites (tertiary alicyclic amines) is 1. The Kier molecular flexibility index (Phi) is 7.21. The molecule has 2 fully saturated rings. The van der Waals surface area contributed by atoms with Crippen molar-refractivity contribution in [2.75, 3.05) is 24.5 Å². The van der Waals surface area contributed by atoms with Gasteiger partial charge in [-0.25, -0.2) is 23.4 Å². The van der Waals surface area contributed by atoms with E-state index < -0.39 is 23.6 Å². The van der Waals surface area contributed by atoms with Gasteiger partial charge in [0.2, 0.25) is 5.91 Å². The zero-order chi connectivity index (χ0) is 28.5. The summed E-state index contributed by atoms with van der Waals surface area (Å²) in [5.41, 5.74) is 1.73. The van der Waals surface area contributed by atoms with Crippen molar-refractivity contribution in [1.82, 2.24) is 29.7 Å². The molecule has 2 aliphatic rings. The van der Waals surface area contributed by atoms with E-state index in [0.29, 0.717) is 43.7 Å². The van der Waals surface area contributed by atoms with Gasteiger partial charge in [-0.2, -0.15) is 0 Å². The second kappa shape index (κ2) is 11.1. The minimum atomic E-state index is -0.939. The fraction of sp³-hybridized carbons (Fsp3) is 0.345. The van der Waals surface area contributed by atoms with Gasteiger partial charge in [0.25, 0.3) is 0 Å². The summed E-state index contributed by atoms with van der Waals surface area (Å²) in [7, 11) is 0. The molecule has 10 nitrogen and oxygen atoms in total. The number of nitrogens with zero attached hydrogens (tertiary/aromatic N) is 5. The summed E-state index contributed by atoms with van der Waals surface area (Å²) >= 11 is 0. The monoisotopic (exact) mass is 561 g/mol. The number of hydrogen-bond donors (Lipinski definition) is 2. The molecular formula is C29H29F2N7O3. The van der Waals surface area contributed by atoms with Crippen molar-refractivity contribution in [1.29, 1.82) is 0 Å². The van der Waals surface area contributed by atoms with E-state index >= 15 is 0 Å². The highest BCUT2D eigenvalue weighted by atomic mass is 19.2. The normalized spacial score (nSPS) is 20.3. The molecule has 6 rings (SSSR count). The number of rotatable bonds is 4. The van der Waals surface area contributed by atoms with Gasteiger partial charge in [-0.1, -0.05) is 12.1 Å². The van der Waals surface area contributed by atoms with Crippen molar-refractivity contribution >= 4 is 28.8 Å². The van der Waals surface area contributed by atoms with Gasteiger partial charge in [-0.05, 0) is 61.6 Å². The lowest BCUT2D eigenvalue weighted by Crippen LogP contribution is -2.53. The van der Waals surface area contributed by atoms with Gasteiger partial charge >= 0.3 is 11.7 Å². The Labute approximate surface area is 234 Å². The third-order valence-electron chi connectivity index (χ3n) is 8.05. The number of anilines is 1. The van der Waals surface area contributed by atoms with Crippen LogP contribution in [0.5, 0.6) is 0 Å². The van der Waals surface area contributed by atoms with E-state index in [1.807, 2.05) is 6.07 Å². The van der Waals surface area contributed by atoms with Crippen LogP contribution in [0.25, 0.3) is 11.2 Å². The maximum atomic E-state index is 14.7. The van der Waals surface area contributed by atoms with Crippen molar-refractivity contribution in [2.45, 2.75) is 43.7 Å². The van der Waals surface area contributed by atoms with E-state index in [1.54, 1.807) is 40.1 Å². The van der Waals surface area contributed by atoms with Crippen molar-refractivity contribution < 1.29 is 18.4 Å². The minimum absolute atomic E-state index is 0.0907. The van der Waals surface area contributed by atoms with Crippen LogP contribution in [0.15, 0.2) is 65.8 Å². The van der Waals surface area contributed by atoms with Crippen molar-refractivity contribution in [3.63, 3.8) is 0 Å². The summed E-state index contributed by atoms with van der Waals surface area (Å²) in [5.74, 6) is -2.67. The first-order valence-corrected chi connectivity index (χ1v) is 13.7. The van der Waals surface area contributed by atoms with Gasteiger partial charge in [-0.3, -0.25) is 19.3 Å². The summed E-state index contributed by atoms with van der Waals surface area (Å²) in [6.07, 6.45) is 6.50. The number of carbonyl (C=O) groups excluding carboxylic acids is 2. The lowest BCUT2D eigenvalue weighted by molar-refractivity contribution is -0.120. The zero-order valence-electron chi connectivity index (χ0n) is 22.2. The summed E-state index contributed by atoms with van der Waals surface area (Å²) in [6, 6.07) is 9.77. The van der Waals surface area contributed by atoms with Crippen LogP contribution in [-0.2, 0) is 4.79 Å². The number of piperidine rings is 1. The van der Waals surface area contributed by atoms with Crippen LogP contribution in [0.1, 0.15) is 43.2 Å². The average molecular weight is 562 g/mol. The maximum absolute atomic E-state index is 14.7. The number of aromatic amines is 1. The molecule has 41 heavy (non-hydrogen) atoms. The second-order valence-electron chi connectivity index (χ2n) is 10.5. The topological polar surface area (TPSA) is 116 Å². The fourth-order valence-corrected chi connectivity index (χ4v) is 5.94. The SMILES string of the molecule is O=C(N[C@@H]1CC[C@@H](c2cccc(F)c2F)CN(c2cccnc2)C1=O)N1CCC(n2c(=O)[nH]c3ncccc32)CC1. The summed E-state index contributed by atoms with van der Waals surface area (Å²) < 4.78 is 30.5. The smallest absolute Gasteiger partial charge is 0.326 e. The van der Waals surface area contributed by atoms with Crippen LogP contribution in [0.3, 0.4) is 0 Å². The molecule has 0 aliphatic carbocycles. The van der Waals surface area contributed by atoms with Gasteiger partial charge in [-0.15, -0.1) is 0 Å². The largest absolute Gasteiger partial charge is 0.327 e. The number of hydrogen-bond acceptors (Lipinski definition) is 5. The Morgan fingerprint density at radius 1 is 0.976 bits per heavy atom. The van der Waals surface area contributed by atoms with Gasteiger partial charge in [0.05, 0.1) is 17.4 Å². The molecule has 3 amide bonds. The molecule has 0 unspecified atom stereocenters. The first-order valence-electron chi connectivity index (χ1n) is 13.7. The molecule has 212 valence electrons. The maximum Gasteiger partial charge on any atom is 0.327 e. The Bertz CT molecular complexity index is 1630. The number of imidazole rings is 1. The van der Waals surface area contributed by atoms with Gasteiger partial charge < -0.3 is 15.1 Å². The number of urea groups is 1. The molecule has 4 aromatic rings. The number of pyridine rings is 2. The standard InChI is InChI=1S/C29H29F2N7O3/c30-22-6-1-5-21(25(22)31)18-8-9-23(27(39)37(17-18)20-4-2-12-32-16-20)34-28(40)36-14-10-19(11-15-36)38-24-7-3-13-33-26(24)35-29(38)41/h1-7,12-13,16,18-19,23H,8-11,14-15,17H2,(H,34,40)(H,33,35,41)/t18-,23-/m1/s1. The van der Waals surface area contributed by atoms with E-state index in [1.165, 1.54) is 23.2 Å². The first-order chi connectivity index (χ1) is 19.9. The molecule has 0 spiro atoms. The number of amides is 3. The molecule has 0 radical (unpaired) electrons. The molecule has 0 saturated carbocycles. The molecule has 2 N–H and O–H groups in total. The molecule has 2 aliphatic heterocycles. The van der Waals surface area contributed by atoms with Gasteiger partial charge in [0.15, 0.2) is 17.3 Å². The van der Waals surface area contributed by atoms with Crippen LogP contribution < -0.4 is 15.9 Å². The molecule has 2 atom stereocenters. The van der Waals surface area contributed by atoms with Crippen LogP contribution in [0.4, 0.5) is 19.3 Å². The third kappa shape index (κ3) is 5.17. The number of halogens is 2. The molecule has 2 saturated heterocycles. The lowest BCUT2D eigenvalue weighted by Gasteiger charge is -2.34. The summed E-state index contributed by atoms with van der Waals surface area (Å²) in [6.45, 7) is 0.928. The van der Waals surface area contributed by atoms with Crippen molar-refractivity contribution in [2.24, 2.45) is 0 Å².